The van der Waals surface area contributed by atoms with E-state index in [1.54, 1.807) is 7.11 Å². The number of methoxy groups -OCH3 is 1. The van der Waals surface area contributed by atoms with Crippen LogP contribution < -0.4 is 0 Å². The molecule has 1 fully saturated rings. The van der Waals surface area contributed by atoms with Crippen molar-refractivity contribution in [1.82, 2.24) is 4.90 Å². The van der Waals surface area contributed by atoms with Crippen LogP contribution in [0.5, 0.6) is 0 Å². The molecule has 3 heteroatoms. The SMILES string of the molecule is CCCC1CCC(C#N)C(N(C)CCOC)C1. The van der Waals surface area contributed by atoms with Crippen molar-refractivity contribution in [3.63, 3.8) is 0 Å². The summed E-state index contributed by atoms with van der Waals surface area (Å²) in [5.41, 5.74) is 0. The van der Waals surface area contributed by atoms with Crippen LogP contribution in [0.25, 0.3) is 0 Å². The third-order valence-corrected chi connectivity index (χ3v) is 4.00. The lowest BCUT2D eigenvalue weighted by atomic mass is 9.76. The van der Waals surface area contributed by atoms with Crippen molar-refractivity contribution >= 4 is 0 Å². The van der Waals surface area contributed by atoms with Crippen molar-refractivity contribution in [3.05, 3.63) is 0 Å². The van der Waals surface area contributed by atoms with E-state index in [1.807, 2.05) is 0 Å². The molecule has 0 amide bonds. The van der Waals surface area contributed by atoms with Gasteiger partial charge >= 0.3 is 0 Å². The van der Waals surface area contributed by atoms with E-state index in [-0.39, 0.29) is 5.92 Å². The molecule has 1 saturated carbocycles. The van der Waals surface area contributed by atoms with Crippen molar-refractivity contribution < 1.29 is 4.74 Å². The summed E-state index contributed by atoms with van der Waals surface area (Å²) in [6.07, 6.45) is 6.07. The number of hydrogen-bond acceptors (Lipinski definition) is 3. The van der Waals surface area contributed by atoms with E-state index in [4.69, 9.17) is 4.74 Å². The molecule has 0 aromatic heterocycles. The molecule has 0 radical (unpaired) electrons. The molecule has 0 aromatic carbocycles. The van der Waals surface area contributed by atoms with E-state index in [0.29, 0.717) is 6.04 Å². The lowest BCUT2D eigenvalue weighted by molar-refractivity contribution is 0.0881. The van der Waals surface area contributed by atoms with Gasteiger partial charge in [-0.15, -0.1) is 0 Å². The fraction of sp³-hybridized carbons (Fsp3) is 0.929. The average Bonchev–Trinajstić information content (AvgIpc) is 2.36. The van der Waals surface area contributed by atoms with Crippen molar-refractivity contribution in [2.24, 2.45) is 11.8 Å². The van der Waals surface area contributed by atoms with E-state index in [0.717, 1.165) is 25.5 Å². The number of likely N-dealkylation sites (N-methyl/N-ethyl adjacent to an activating group) is 1. The average molecular weight is 238 g/mol. The Morgan fingerprint density at radius 3 is 2.76 bits per heavy atom. The maximum Gasteiger partial charge on any atom is 0.0672 e. The summed E-state index contributed by atoms with van der Waals surface area (Å²) in [7, 11) is 3.86. The highest BCUT2D eigenvalue weighted by Crippen LogP contribution is 2.33. The van der Waals surface area contributed by atoms with Gasteiger partial charge in [-0.25, -0.2) is 0 Å². The molecule has 0 aliphatic heterocycles. The van der Waals surface area contributed by atoms with Gasteiger partial charge in [0.25, 0.3) is 0 Å². The van der Waals surface area contributed by atoms with Crippen molar-refractivity contribution in [1.29, 1.82) is 5.26 Å². The summed E-state index contributed by atoms with van der Waals surface area (Å²) in [5.74, 6) is 1.03. The number of nitriles is 1. The molecule has 0 aromatic rings. The summed E-state index contributed by atoms with van der Waals surface area (Å²) >= 11 is 0. The van der Waals surface area contributed by atoms with Crippen molar-refractivity contribution in [2.75, 3.05) is 27.3 Å². The van der Waals surface area contributed by atoms with Gasteiger partial charge in [-0.05, 0) is 32.2 Å². The monoisotopic (exact) mass is 238 g/mol. The molecule has 0 spiro atoms. The van der Waals surface area contributed by atoms with Crippen LogP contribution >= 0.6 is 0 Å². The quantitative estimate of drug-likeness (QED) is 0.714. The molecular weight excluding hydrogens is 212 g/mol. The molecule has 17 heavy (non-hydrogen) atoms. The van der Waals surface area contributed by atoms with Gasteiger partial charge in [0, 0.05) is 19.7 Å². The second-order valence-corrected chi connectivity index (χ2v) is 5.24. The highest BCUT2D eigenvalue weighted by molar-refractivity contribution is 4.97. The second-order valence-electron chi connectivity index (χ2n) is 5.24. The van der Waals surface area contributed by atoms with E-state index in [9.17, 15) is 5.26 Å². The molecule has 1 aliphatic carbocycles. The smallest absolute Gasteiger partial charge is 0.0672 e. The predicted molar refractivity (Wildman–Crippen MR) is 69.6 cm³/mol. The Morgan fingerprint density at radius 2 is 2.18 bits per heavy atom. The van der Waals surface area contributed by atoms with Crippen molar-refractivity contribution in [2.45, 2.75) is 45.1 Å². The van der Waals surface area contributed by atoms with E-state index in [2.05, 4.69) is 24.9 Å². The van der Waals surface area contributed by atoms with Crippen LogP contribution in [0.1, 0.15) is 39.0 Å². The first-order chi connectivity index (χ1) is 8.22. The summed E-state index contributed by atoms with van der Waals surface area (Å²) in [6.45, 7) is 3.93. The second kappa shape index (κ2) is 7.68. The zero-order valence-electron chi connectivity index (χ0n) is 11.5. The van der Waals surface area contributed by atoms with Crippen LogP contribution in [-0.2, 0) is 4.74 Å². The molecule has 0 bridgehead atoms. The molecule has 0 saturated heterocycles. The van der Waals surface area contributed by atoms with Gasteiger partial charge in [0.05, 0.1) is 18.6 Å². The van der Waals surface area contributed by atoms with Crippen LogP contribution in [0.3, 0.4) is 0 Å². The van der Waals surface area contributed by atoms with Crippen LogP contribution in [0.15, 0.2) is 0 Å². The zero-order chi connectivity index (χ0) is 12.7. The highest BCUT2D eigenvalue weighted by atomic mass is 16.5. The molecule has 98 valence electrons. The molecule has 0 heterocycles. The maximum absolute atomic E-state index is 9.24. The molecule has 3 nitrogen and oxygen atoms in total. The van der Waals surface area contributed by atoms with Gasteiger partial charge in [-0.1, -0.05) is 19.8 Å². The van der Waals surface area contributed by atoms with Crippen LogP contribution in [0, 0.1) is 23.2 Å². The van der Waals surface area contributed by atoms with E-state index in [1.165, 1.54) is 25.7 Å². The van der Waals surface area contributed by atoms with Crippen LogP contribution in [0.2, 0.25) is 0 Å². The Bertz CT molecular complexity index is 249. The topological polar surface area (TPSA) is 36.3 Å². The summed E-state index contributed by atoms with van der Waals surface area (Å²) < 4.78 is 5.12. The minimum absolute atomic E-state index is 0.213. The molecule has 1 rings (SSSR count). The number of ether oxygens (including phenoxy) is 1. The number of hydrogen-bond donors (Lipinski definition) is 0. The van der Waals surface area contributed by atoms with E-state index >= 15 is 0 Å². The van der Waals surface area contributed by atoms with Gasteiger partial charge in [-0.2, -0.15) is 5.26 Å². The zero-order valence-corrected chi connectivity index (χ0v) is 11.5. The number of rotatable bonds is 6. The van der Waals surface area contributed by atoms with Crippen molar-refractivity contribution in [3.8, 4) is 6.07 Å². The Balaban J connectivity index is 2.53. The largest absolute Gasteiger partial charge is 0.383 e. The molecule has 3 unspecified atom stereocenters. The first-order valence-electron chi connectivity index (χ1n) is 6.81. The minimum Gasteiger partial charge on any atom is -0.383 e. The molecular formula is C14H26N2O. The predicted octanol–water partition coefficient (Wildman–Crippen LogP) is 2.67. The van der Waals surface area contributed by atoms with E-state index < -0.39 is 0 Å². The Kier molecular flexibility index (Phi) is 6.54. The van der Waals surface area contributed by atoms with Crippen LogP contribution in [-0.4, -0.2) is 38.3 Å². The summed E-state index contributed by atoms with van der Waals surface area (Å²) in [5, 5.41) is 9.24. The van der Waals surface area contributed by atoms with Gasteiger partial charge in [0.2, 0.25) is 0 Å². The van der Waals surface area contributed by atoms with Gasteiger partial charge in [0.15, 0.2) is 0 Å². The van der Waals surface area contributed by atoms with Gasteiger partial charge < -0.3 is 4.74 Å². The fourth-order valence-corrected chi connectivity index (χ4v) is 2.94. The molecule has 1 aliphatic rings. The first-order valence-corrected chi connectivity index (χ1v) is 6.81. The summed E-state index contributed by atoms with van der Waals surface area (Å²) in [6, 6.07) is 2.92. The Hall–Kier alpha value is -0.590. The minimum atomic E-state index is 0.213. The first kappa shape index (κ1) is 14.5. The standard InChI is InChI=1S/C14H26N2O/c1-4-5-12-6-7-13(11-15)14(10-12)16(2)8-9-17-3/h12-14H,4-10H2,1-3H3. The molecule has 3 atom stereocenters. The number of nitrogens with zero attached hydrogens (tertiary/aromatic N) is 2. The third kappa shape index (κ3) is 4.29. The Morgan fingerprint density at radius 1 is 1.41 bits per heavy atom. The maximum atomic E-state index is 9.24. The lowest BCUT2D eigenvalue weighted by Crippen LogP contribution is -2.43. The van der Waals surface area contributed by atoms with Gasteiger partial charge in [0.1, 0.15) is 0 Å². The lowest BCUT2D eigenvalue weighted by Gasteiger charge is -2.38. The third-order valence-electron chi connectivity index (χ3n) is 4.00. The Labute approximate surface area is 106 Å². The molecule has 0 N–H and O–H groups in total. The highest BCUT2D eigenvalue weighted by Gasteiger charge is 2.32. The van der Waals surface area contributed by atoms with Gasteiger partial charge in [-0.3, -0.25) is 4.90 Å². The van der Waals surface area contributed by atoms with Crippen LogP contribution in [0.4, 0.5) is 0 Å². The normalized spacial score (nSPS) is 29.2. The summed E-state index contributed by atoms with van der Waals surface area (Å²) in [4.78, 5) is 2.32. The fourth-order valence-electron chi connectivity index (χ4n) is 2.94.